The molecule has 106 valence electrons. The summed E-state index contributed by atoms with van der Waals surface area (Å²) < 4.78 is 2.07. The van der Waals surface area contributed by atoms with Crippen molar-refractivity contribution in [3.8, 4) is 0 Å². The van der Waals surface area contributed by atoms with E-state index in [1.165, 1.54) is 11.1 Å². The summed E-state index contributed by atoms with van der Waals surface area (Å²) in [5.41, 5.74) is 9.76. The van der Waals surface area contributed by atoms with Crippen molar-refractivity contribution in [1.82, 2.24) is 19.5 Å². The Morgan fingerprint density at radius 1 is 1.24 bits per heavy atom. The summed E-state index contributed by atoms with van der Waals surface area (Å²) >= 11 is 6.11. The van der Waals surface area contributed by atoms with E-state index >= 15 is 0 Å². The molecule has 1 aliphatic rings. The number of nitrogens with two attached hydrogens (primary N) is 1. The van der Waals surface area contributed by atoms with Gasteiger partial charge in [0.25, 0.3) is 0 Å². The van der Waals surface area contributed by atoms with Gasteiger partial charge >= 0.3 is 0 Å². The number of halogens is 1. The molecule has 1 aromatic carbocycles. The molecular formula is C15H14ClN5. The highest BCUT2D eigenvalue weighted by atomic mass is 35.5. The van der Waals surface area contributed by atoms with Crippen molar-refractivity contribution in [3.05, 3.63) is 46.9 Å². The molecule has 6 heteroatoms. The predicted molar refractivity (Wildman–Crippen MR) is 82.3 cm³/mol. The standard InChI is InChI=1S/C15H14ClN5/c16-13-12-14(20-15(17)19-13)21(8-18-12)11-7-3-5-9-4-1-2-6-10(9)11/h1-2,4,6,8,11H,3,5,7H2,(H2,17,19,20). The summed E-state index contributed by atoms with van der Waals surface area (Å²) in [6, 6.07) is 8.76. The van der Waals surface area contributed by atoms with Crippen LogP contribution in [0.5, 0.6) is 0 Å². The summed E-state index contributed by atoms with van der Waals surface area (Å²) in [6.07, 6.45) is 5.12. The number of anilines is 1. The molecule has 3 aromatic rings. The molecule has 2 N–H and O–H groups in total. The van der Waals surface area contributed by atoms with Gasteiger partial charge in [-0.15, -0.1) is 0 Å². The first kappa shape index (κ1) is 12.6. The first-order valence-electron chi connectivity index (χ1n) is 6.97. The van der Waals surface area contributed by atoms with Gasteiger partial charge in [0.15, 0.2) is 10.8 Å². The molecule has 2 heterocycles. The Morgan fingerprint density at radius 2 is 2.10 bits per heavy atom. The van der Waals surface area contributed by atoms with E-state index in [4.69, 9.17) is 17.3 Å². The average Bonchev–Trinajstić information content (AvgIpc) is 2.90. The van der Waals surface area contributed by atoms with Crippen LogP contribution < -0.4 is 5.73 Å². The quantitative estimate of drug-likeness (QED) is 0.701. The van der Waals surface area contributed by atoms with Crippen molar-refractivity contribution in [2.75, 3.05) is 5.73 Å². The molecule has 21 heavy (non-hydrogen) atoms. The maximum Gasteiger partial charge on any atom is 0.223 e. The van der Waals surface area contributed by atoms with Crippen LogP contribution in [-0.2, 0) is 6.42 Å². The third kappa shape index (κ3) is 1.96. The smallest absolute Gasteiger partial charge is 0.223 e. The van der Waals surface area contributed by atoms with Crippen molar-refractivity contribution in [1.29, 1.82) is 0 Å². The molecule has 4 rings (SSSR count). The minimum absolute atomic E-state index is 0.179. The minimum Gasteiger partial charge on any atom is -0.368 e. The van der Waals surface area contributed by atoms with Gasteiger partial charge in [-0.2, -0.15) is 9.97 Å². The number of hydrogen-bond acceptors (Lipinski definition) is 4. The number of aryl methyl sites for hydroxylation is 1. The normalized spacial score (nSPS) is 17.9. The van der Waals surface area contributed by atoms with E-state index in [0.717, 1.165) is 19.3 Å². The number of nitrogen functional groups attached to an aromatic ring is 1. The van der Waals surface area contributed by atoms with Gasteiger partial charge in [-0.1, -0.05) is 35.9 Å². The van der Waals surface area contributed by atoms with Crippen LogP contribution in [0.25, 0.3) is 11.2 Å². The maximum absolute atomic E-state index is 6.11. The van der Waals surface area contributed by atoms with Crippen molar-refractivity contribution in [2.45, 2.75) is 25.3 Å². The van der Waals surface area contributed by atoms with Crippen LogP contribution >= 0.6 is 11.6 Å². The Bertz CT molecular complexity index is 826. The fourth-order valence-corrected chi connectivity index (χ4v) is 3.36. The van der Waals surface area contributed by atoms with E-state index in [1.807, 2.05) is 0 Å². The first-order chi connectivity index (χ1) is 10.2. The second kappa shape index (κ2) is 4.70. The number of hydrogen-bond donors (Lipinski definition) is 1. The topological polar surface area (TPSA) is 69.6 Å². The van der Waals surface area contributed by atoms with E-state index in [-0.39, 0.29) is 12.0 Å². The lowest BCUT2D eigenvalue weighted by Gasteiger charge is -2.26. The van der Waals surface area contributed by atoms with Crippen LogP contribution in [0, 0.1) is 0 Å². The number of benzene rings is 1. The number of rotatable bonds is 1. The van der Waals surface area contributed by atoms with Crippen LogP contribution in [0.3, 0.4) is 0 Å². The zero-order valence-corrected chi connectivity index (χ0v) is 12.1. The second-order valence-corrected chi connectivity index (χ2v) is 5.66. The van der Waals surface area contributed by atoms with Crippen molar-refractivity contribution in [3.63, 3.8) is 0 Å². The highest BCUT2D eigenvalue weighted by Crippen LogP contribution is 2.35. The zero-order chi connectivity index (χ0) is 14.4. The fraction of sp³-hybridized carbons (Fsp3) is 0.267. The van der Waals surface area contributed by atoms with Crippen molar-refractivity contribution in [2.24, 2.45) is 0 Å². The average molecular weight is 300 g/mol. The molecule has 5 nitrogen and oxygen atoms in total. The van der Waals surface area contributed by atoms with Gasteiger partial charge in [0, 0.05) is 0 Å². The second-order valence-electron chi connectivity index (χ2n) is 5.30. The van der Waals surface area contributed by atoms with Crippen molar-refractivity contribution < 1.29 is 0 Å². The van der Waals surface area contributed by atoms with Gasteiger partial charge in [-0.05, 0) is 30.4 Å². The lowest BCUT2D eigenvalue weighted by atomic mass is 9.87. The van der Waals surface area contributed by atoms with Gasteiger partial charge in [0.05, 0.1) is 12.4 Å². The summed E-state index contributed by atoms with van der Waals surface area (Å²) in [6.45, 7) is 0. The molecule has 0 aliphatic heterocycles. The summed E-state index contributed by atoms with van der Waals surface area (Å²) in [4.78, 5) is 12.6. The summed E-state index contributed by atoms with van der Waals surface area (Å²) in [5.74, 6) is 0.179. The Morgan fingerprint density at radius 3 is 3.00 bits per heavy atom. The maximum atomic E-state index is 6.11. The van der Waals surface area contributed by atoms with Crippen molar-refractivity contribution >= 4 is 28.7 Å². The Hall–Kier alpha value is -2.14. The Labute approximate surface area is 126 Å². The van der Waals surface area contributed by atoms with Gasteiger partial charge < -0.3 is 10.3 Å². The lowest BCUT2D eigenvalue weighted by Crippen LogP contribution is -2.17. The number of imidazole rings is 1. The predicted octanol–water partition coefficient (Wildman–Crippen LogP) is 2.99. The SMILES string of the molecule is Nc1nc(Cl)c2ncn(C3CCCc4ccccc43)c2n1. The molecular weight excluding hydrogens is 286 g/mol. The molecule has 0 spiro atoms. The molecule has 1 unspecified atom stereocenters. The molecule has 0 saturated carbocycles. The lowest BCUT2D eigenvalue weighted by molar-refractivity contribution is 0.497. The van der Waals surface area contributed by atoms with Gasteiger partial charge in [0.1, 0.15) is 5.52 Å². The van der Waals surface area contributed by atoms with E-state index in [1.54, 1.807) is 6.33 Å². The van der Waals surface area contributed by atoms with E-state index in [0.29, 0.717) is 16.3 Å². The number of fused-ring (bicyclic) bond motifs is 2. The van der Waals surface area contributed by atoms with Crippen LogP contribution in [0.15, 0.2) is 30.6 Å². The van der Waals surface area contributed by atoms with E-state index in [2.05, 4.69) is 43.8 Å². The summed E-state index contributed by atoms with van der Waals surface area (Å²) in [5, 5.41) is 0.306. The molecule has 0 radical (unpaired) electrons. The van der Waals surface area contributed by atoms with Crippen LogP contribution in [0.1, 0.15) is 30.0 Å². The van der Waals surface area contributed by atoms with Gasteiger partial charge in [-0.3, -0.25) is 0 Å². The molecule has 0 bridgehead atoms. The summed E-state index contributed by atoms with van der Waals surface area (Å²) in [7, 11) is 0. The number of aromatic nitrogens is 4. The molecule has 1 aliphatic carbocycles. The van der Waals surface area contributed by atoms with Crippen LogP contribution in [-0.4, -0.2) is 19.5 Å². The van der Waals surface area contributed by atoms with Crippen LogP contribution in [0.2, 0.25) is 5.15 Å². The zero-order valence-electron chi connectivity index (χ0n) is 11.3. The number of nitrogens with zero attached hydrogens (tertiary/aromatic N) is 4. The van der Waals surface area contributed by atoms with E-state index in [9.17, 15) is 0 Å². The molecule has 0 fully saturated rings. The molecule has 0 amide bonds. The largest absolute Gasteiger partial charge is 0.368 e. The Kier molecular flexibility index (Phi) is 2.82. The first-order valence-corrected chi connectivity index (χ1v) is 7.35. The van der Waals surface area contributed by atoms with Gasteiger partial charge in [-0.25, -0.2) is 4.98 Å². The third-order valence-electron chi connectivity index (χ3n) is 4.07. The van der Waals surface area contributed by atoms with Gasteiger partial charge in [0.2, 0.25) is 5.95 Å². The fourth-order valence-electron chi connectivity index (χ4n) is 3.14. The highest BCUT2D eigenvalue weighted by Gasteiger charge is 2.24. The van der Waals surface area contributed by atoms with E-state index < -0.39 is 0 Å². The molecule has 2 aromatic heterocycles. The third-order valence-corrected chi connectivity index (χ3v) is 4.33. The molecule has 0 saturated heterocycles. The molecule has 1 atom stereocenters. The van der Waals surface area contributed by atoms with Crippen LogP contribution in [0.4, 0.5) is 5.95 Å². The minimum atomic E-state index is 0.179. The highest BCUT2D eigenvalue weighted by molar-refractivity contribution is 6.33. The monoisotopic (exact) mass is 299 g/mol. The Balaban J connectivity index is 1.92.